The number of carbonyl (C=O) groups excluding carboxylic acids is 1. The molecule has 0 bridgehead atoms. The molecule has 1 heterocycles. The normalized spacial score (nSPS) is 11.4. The first-order valence-corrected chi connectivity index (χ1v) is 13.0. The second-order valence-corrected chi connectivity index (χ2v) is 10.3. The van der Waals surface area contributed by atoms with E-state index in [4.69, 9.17) is 0 Å². The molecule has 0 spiro atoms. The van der Waals surface area contributed by atoms with Crippen LogP contribution in [0.25, 0.3) is 22.0 Å². The van der Waals surface area contributed by atoms with Crippen LogP contribution in [0.15, 0.2) is 120 Å². The number of aromatic nitrogens is 1. The highest BCUT2D eigenvalue weighted by Crippen LogP contribution is 2.30. The number of rotatable bonds is 7. The molecule has 4 aromatic carbocycles. The van der Waals surface area contributed by atoms with Crippen LogP contribution in [0.1, 0.15) is 5.56 Å². The molecular weight excluding hydrogens is 456 g/mol. The number of carbonyl (C=O) groups is 1. The van der Waals surface area contributed by atoms with Gasteiger partial charge in [0.1, 0.15) is 6.54 Å². The van der Waals surface area contributed by atoms with Crippen molar-refractivity contribution in [2.24, 2.45) is 0 Å². The van der Waals surface area contributed by atoms with E-state index in [2.05, 4.69) is 5.32 Å². The van der Waals surface area contributed by atoms with Gasteiger partial charge in [0, 0.05) is 28.4 Å². The van der Waals surface area contributed by atoms with E-state index >= 15 is 0 Å². The van der Waals surface area contributed by atoms with Crippen LogP contribution in [0.2, 0.25) is 0 Å². The number of benzene rings is 4. The van der Waals surface area contributed by atoms with Crippen molar-refractivity contribution in [3.63, 3.8) is 0 Å². The molecule has 1 aromatic heterocycles. The Morgan fingerprint density at radius 3 is 2.14 bits per heavy atom. The van der Waals surface area contributed by atoms with E-state index in [-0.39, 0.29) is 23.1 Å². The lowest BCUT2D eigenvalue weighted by atomic mass is 10.0. The van der Waals surface area contributed by atoms with Crippen molar-refractivity contribution in [3.05, 3.63) is 121 Å². The number of para-hydroxylation sites is 2. The molecule has 0 saturated carbocycles. The van der Waals surface area contributed by atoms with E-state index in [0.717, 1.165) is 16.7 Å². The highest BCUT2D eigenvalue weighted by atomic mass is 32.2. The predicted molar refractivity (Wildman–Crippen MR) is 140 cm³/mol. The molecule has 5 nitrogen and oxygen atoms in total. The standard InChI is InChI=1S/C29H24N2O3S/c32-29(30-26-17-9-7-15-24(26)23-13-5-2-6-14-23)20-31-19-28(25-16-8-10-18-27(25)31)35(33,34)21-22-11-3-1-4-12-22/h1-19H,20-21H2,(H,30,32). The Morgan fingerprint density at radius 1 is 0.743 bits per heavy atom. The van der Waals surface area contributed by atoms with E-state index < -0.39 is 9.84 Å². The monoisotopic (exact) mass is 480 g/mol. The number of hydrogen-bond donors (Lipinski definition) is 1. The van der Waals surface area contributed by atoms with Gasteiger partial charge in [0.05, 0.1) is 10.6 Å². The second-order valence-electron chi connectivity index (χ2n) is 8.34. The van der Waals surface area contributed by atoms with E-state index in [0.29, 0.717) is 16.6 Å². The Balaban J connectivity index is 1.44. The molecule has 1 N–H and O–H groups in total. The molecule has 174 valence electrons. The summed E-state index contributed by atoms with van der Waals surface area (Å²) in [4.78, 5) is 13.3. The van der Waals surface area contributed by atoms with Gasteiger partial charge in [-0.2, -0.15) is 0 Å². The number of sulfone groups is 1. The largest absolute Gasteiger partial charge is 0.337 e. The molecule has 35 heavy (non-hydrogen) atoms. The maximum absolute atomic E-state index is 13.3. The summed E-state index contributed by atoms with van der Waals surface area (Å²) in [5.74, 6) is -0.334. The van der Waals surface area contributed by atoms with Crippen molar-refractivity contribution in [2.75, 3.05) is 5.32 Å². The summed E-state index contributed by atoms with van der Waals surface area (Å²) < 4.78 is 28.3. The Hall–Kier alpha value is -4.16. The van der Waals surface area contributed by atoms with Gasteiger partial charge in [-0.3, -0.25) is 4.79 Å². The van der Waals surface area contributed by atoms with Crippen LogP contribution in [0.5, 0.6) is 0 Å². The first kappa shape index (κ1) is 22.6. The van der Waals surface area contributed by atoms with Gasteiger partial charge >= 0.3 is 0 Å². The lowest BCUT2D eigenvalue weighted by Crippen LogP contribution is -2.18. The SMILES string of the molecule is O=C(Cn1cc(S(=O)(=O)Cc2ccccc2)c2ccccc21)Nc1ccccc1-c1ccccc1. The van der Waals surface area contributed by atoms with Crippen LogP contribution in [0.4, 0.5) is 5.69 Å². The molecule has 0 aliphatic rings. The number of nitrogens with one attached hydrogen (secondary N) is 1. The van der Waals surface area contributed by atoms with Gasteiger partial charge in [0.25, 0.3) is 0 Å². The van der Waals surface area contributed by atoms with Crippen molar-refractivity contribution >= 4 is 32.3 Å². The Kier molecular flexibility index (Phi) is 6.21. The topological polar surface area (TPSA) is 68.2 Å². The van der Waals surface area contributed by atoms with E-state index in [1.165, 1.54) is 0 Å². The summed E-state index contributed by atoms with van der Waals surface area (Å²) >= 11 is 0. The smallest absolute Gasteiger partial charge is 0.244 e. The average molecular weight is 481 g/mol. The first-order valence-electron chi connectivity index (χ1n) is 11.3. The summed E-state index contributed by atoms with van der Waals surface area (Å²) in [5, 5.41) is 3.61. The highest BCUT2D eigenvalue weighted by molar-refractivity contribution is 7.90. The maximum Gasteiger partial charge on any atom is 0.244 e. The molecule has 0 atom stereocenters. The van der Waals surface area contributed by atoms with E-state index in [1.807, 2.05) is 91.0 Å². The van der Waals surface area contributed by atoms with Gasteiger partial charge in [0.2, 0.25) is 5.91 Å². The fraction of sp³-hybridized carbons (Fsp3) is 0.0690. The van der Waals surface area contributed by atoms with Gasteiger partial charge in [0.15, 0.2) is 9.84 Å². The minimum Gasteiger partial charge on any atom is -0.337 e. The van der Waals surface area contributed by atoms with Crippen LogP contribution in [0, 0.1) is 0 Å². The molecular formula is C29H24N2O3S. The lowest BCUT2D eigenvalue weighted by molar-refractivity contribution is -0.116. The van der Waals surface area contributed by atoms with Gasteiger partial charge in [-0.25, -0.2) is 8.42 Å². The third kappa shape index (κ3) is 4.88. The zero-order valence-corrected chi connectivity index (χ0v) is 19.8. The zero-order valence-electron chi connectivity index (χ0n) is 19.0. The van der Waals surface area contributed by atoms with Crippen molar-refractivity contribution in [1.29, 1.82) is 0 Å². The van der Waals surface area contributed by atoms with Crippen LogP contribution < -0.4 is 5.32 Å². The van der Waals surface area contributed by atoms with Gasteiger partial charge in [-0.15, -0.1) is 0 Å². The number of hydrogen-bond acceptors (Lipinski definition) is 3. The molecule has 0 saturated heterocycles. The summed E-state index contributed by atoms with van der Waals surface area (Å²) in [6.45, 7) is -0.00943. The van der Waals surface area contributed by atoms with Crippen molar-refractivity contribution < 1.29 is 13.2 Å². The molecule has 0 aliphatic heterocycles. The Morgan fingerprint density at radius 2 is 1.37 bits per heavy atom. The van der Waals surface area contributed by atoms with E-state index in [1.54, 1.807) is 29.0 Å². The van der Waals surface area contributed by atoms with Crippen molar-refractivity contribution in [3.8, 4) is 11.1 Å². The third-order valence-corrected chi connectivity index (χ3v) is 7.60. The van der Waals surface area contributed by atoms with Crippen molar-refractivity contribution in [2.45, 2.75) is 17.2 Å². The molecule has 5 rings (SSSR count). The quantitative estimate of drug-likeness (QED) is 0.314. The van der Waals surface area contributed by atoms with Gasteiger partial charge < -0.3 is 9.88 Å². The van der Waals surface area contributed by atoms with Crippen LogP contribution >= 0.6 is 0 Å². The Bertz CT molecular complexity index is 1590. The summed E-state index contributed by atoms with van der Waals surface area (Å²) in [7, 11) is -3.61. The molecule has 0 radical (unpaired) electrons. The molecule has 0 fully saturated rings. The molecule has 0 unspecified atom stereocenters. The summed E-state index contributed by atoms with van der Waals surface area (Å²) in [5.41, 5.74) is 4.05. The van der Waals surface area contributed by atoms with Gasteiger partial charge in [-0.05, 0) is 23.3 Å². The highest BCUT2D eigenvalue weighted by Gasteiger charge is 2.22. The van der Waals surface area contributed by atoms with Crippen LogP contribution in [-0.4, -0.2) is 18.9 Å². The summed E-state index contributed by atoms with van der Waals surface area (Å²) in [6.07, 6.45) is 1.58. The fourth-order valence-electron chi connectivity index (χ4n) is 4.27. The summed E-state index contributed by atoms with van der Waals surface area (Å²) in [6, 6.07) is 33.9. The maximum atomic E-state index is 13.3. The molecule has 6 heteroatoms. The zero-order chi connectivity index (χ0) is 24.3. The average Bonchev–Trinajstić information content (AvgIpc) is 3.24. The third-order valence-electron chi connectivity index (χ3n) is 5.89. The predicted octanol–water partition coefficient (Wildman–Crippen LogP) is 5.92. The van der Waals surface area contributed by atoms with Crippen LogP contribution in [-0.2, 0) is 26.9 Å². The fourth-order valence-corrected chi connectivity index (χ4v) is 5.85. The minimum atomic E-state index is -3.61. The number of fused-ring (bicyclic) bond motifs is 1. The lowest BCUT2D eigenvalue weighted by Gasteiger charge is -2.12. The molecule has 0 aliphatic carbocycles. The van der Waals surface area contributed by atoms with Crippen molar-refractivity contribution in [1.82, 2.24) is 4.57 Å². The second kappa shape index (κ2) is 9.60. The van der Waals surface area contributed by atoms with Gasteiger partial charge in [-0.1, -0.05) is 97.1 Å². The van der Waals surface area contributed by atoms with E-state index in [9.17, 15) is 13.2 Å². The first-order chi connectivity index (χ1) is 17.0. The molecule has 5 aromatic rings. The number of amides is 1. The minimum absolute atomic E-state index is 0.00943. The number of nitrogens with zero attached hydrogens (tertiary/aromatic N) is 1. The Labute approximate surface area is 204 Å². The van der Waals surface area contributed by atoms with Crippen LogP contribution in [0.3, 0.4) is 0 Å². The molecule has 1 amide bonds. The number of anilines is 1.